The van der Waals surface area contributed by atoms with Crippen molar-refractivity contribution in [3.8, 4) is 0 Å². The van der Waals surface area contributed by atoms with Crippen LogP contribution in [-0.4, -0.2) is 17.0 Å². The van der Waals surface area contributed by atoms with Crippen LogP contribution in [0.5, 0.6) is 0 Å². The molecule has 0 aliphatic heterocycles. The molecule has 1 amide bonds. The minimum absolute atomic E-state index is 0.223. The normalized spacial score (nSPS) is 12.5. The summed E-state index contributed by atoms with van der Waals surface area (Å²) in [6.07, 6.45) is 1.93. The maximum atomic E-state index is 10.4. The van der Waals surface area contributed by atoms with Gasteiger partial charge in [-0.05, 0) is 12.8 Å². The van der Waals surface area contributed by atoms with Crippen LogP contribution in [0.15, 0.2) is 0 Å². The molecule has 0 aromatic heterocycles. The number of aliphatic carboxylic acids is 1. The number of nitrogens with two attached hydrogens (primary N) is 1. The van der Waals surface area contributed by atoms with Crippen molar-refractivity contribution in [2.24, 2.45) is 11.7 Å². The second-order valence-corrected chi connectivity index (χ2v) is 2.29. The molecule has 0 aliphatic rings. The highest BCUT2D eigenvalue weighted by Gasteiger charge is 2.15. The zero-order valence-electron chi connectivity index (χ0n) is 6.41. The van der Waals surface area contributed by atoms with Crippen molar-refractivity contribution in [3.05, 3.63) is 6.42 Å². The van der Waals surface area contributed by atoms with E-state index in [1.54, 1.807) is 6.92 Å². The predicted octanol–water partition coefficient (Wildman–Crippen LogP) is 0.177. The molecule has 1 unspecified atom stereocenters. The van der Waals surface area contributed by atoms with Gasteiger partial charge in [0.15, 0.2) is 0 Å². The molecule has 0 heterocycles. The van der Waals surface area contributed by atoms with Gasteiger partial charge >= 0.3 is 5.97 Å². The van der Waals surface area contributed by atoms with Gasteiger partial charge in [0.05, 0.1) is 12.3 Å². The summed E-state index contributed by atoms with van der Waals surface area (Å²) in [5.41, 5.74) is 4.81. The van der Waals surface area contributed by atoms with Crippen LogP contribution in [-0.2, 0) is 9.59 Å². The van der Waals surface area contributed by atoms with Crippen molar-refractivity contribution >= 4 is 11.9 Å². The number of hydrogen-bond donors (Lipinski definition) is 2. The van der Waals surface area contributed by atoms with Crippen molar-refractivity contribution in [2.75, 3.05) is 0 Å². The number of carboxylic acid groups (broad SMARTS) is 1. The largest absolute Gasteiger partial charge is 0.481 e. The van der Waals surface area contributed by atoms with E-state index in [2.05, 4.69) is 0 Å². The van der Waals surface area contributed by atoms with Gasteiger partial charge in [0.25, 0.3) is 0 Å². The maximum Gasteiger partial charge on any atom is 0.306 e. The lowest BCUT2D eigenvalue weighted by Crippen LogP contribution is -2.18. The zero-order chi connectivity index (χ0) is 8.85. The van der Waals surface area contributed by atoms with E-state index in [0.717, 1.165) is 0 Å². The van der Waals surface area contributed by atoms with Gasteiger partial charge in [-0.15, -0.1) is 0 Å². The molecule has 0 aromatic carbocycles. The molecule has 0 rings (SSSR count). The van der Waals surface area contributed by atoms with Crippen LogP contribution in [0, 0.1) is 12.3 Å². The Morgan fingerprint density at radius 3 is 2.45 bits per heavy atom. The molecule has 63 valence electrons. The molecule has 11 heavy (non-hydrogen) atoms. The van der Waals surface area contributed by atoms with Crippen molar-refractivity contribution in [1.82, 2.24) is 0 Å². The van der Waals surface area contributed by atoms with Crippen LogP contribution < -0.4 is 5.73 Å². The molecule has 4 nitrogen and oxygen atoms in total. The molecular formula is C7H12NO3. The number of carbonyl (C=O) groups is 2. The van der Waals surface area contributed by atoms with Crippen LogP contribution in [0.25, 0.3) is 0 Å². The predicted molar refractivity (Wildman–Crippen MR) is 39.5 cm³/mol. The minimum Gasteiger partial charge on any atom is -0.481 e. The van der Waals surface area contributed by atoms with Gasteiger partial charge in [0.1, 0.15) is 0 Å². The Labute approximate surface area is 65.4 Å². The van der Waals surface area contributed by atoms with E-state index < -0.39 is 17.8 Å². The average molecular weight is 158 g/mol. The highest BCUT2D eigenvalue weighted by molar-refractivity contribution is 5.83. The summed E-state index contributed by atoms with van der Waals surface area (Å²) in [5, 5.41) is 8.51. The third kappa shape index (κ3) is 4.36. The fraction of sp³-hybridized carbons (Fsp3) is 0.571. The maximum absolute atomic E-state index is 10.4. The Balaban J connectivity index is 3.70. The van der Waals surface area contributed by atoms with Gasteiger partial charge in [-0.2, -0.15) is 0 Å². The Bertz CT molecular complexity index is 156. The Morgan fingerprint density at radius 1 is 1.64 bits per heavy atom. The van der Waals surface area contributed by atoms with Crippen molar-refractivity contribution in [1.29, 1.82) is 0 Å². The fourth-order valence-corrected chi connectivity index (χ4v) is 0.701. The van der Waals surface area contributed by atoms with Crippen LogP contribution in [0.3, 0.4) is 0 Å². The van der Waals surface area contributed by atoms with Crippen LogP contribution in [0.1, 0.15) is 19.8 Å². The summed E-state index contributed by atoms with van der Waals surface area (Å²) < 4.78 is 0. The summed E-state index contributed by atoms with van der Waals surface area (Å²) >= 11 is 0. The lowest BCUT2D eigenvalue weighted by molar-refractivity contribution is -0.141. The van der Waals surface area contributed by atoms with Crippen molar-refractivity contribution in [3.63, 3.8) is 0 Å². The van der Waals surface area contributed by atoms with E-state index >= 15 is 0 Å². The number of hydrogen-bond acceptors (Lipinski definition) is 2. The van der Waals surface area contributed by atoms with Gasteiger partial charge < -0.3 is 10.8 Å². The molecule has 0 spiro atoms. The fourth-order valence-electron chi connectivity index (χ4n) is 0.701. The summed E-state index contributed by atoms with van der Waals surface area (Å²) in [6.45, 7) is 1.76. The summed E-state index contributed by atoms with van der Waals surface area (Å²) in [4.78, 5) is 20.6. The van der Waals surface area contributed by atoms with E-state index in [4.69, 9.17) is 10.8 Å². The highest BCUT2D eigenvalue weighted by Crippen LogP contribution is 2.09. The van der Waals surface area contributed by atoms with E-state index in [1.807, 2.05) is 0 Å². The summed E-state index contributed by atoms with van der Waals surface area (Å²) in [7, 11) is 0. The SMILES string of the molecule is CCC(C[CH]C(N)=O)C(=O)O. The smallest absolute Gasteiger partial charge is 0.306 e. The Morgan fingerprint density at radius 2 is 2.18 bits per heavy atom. The summed E-state index contributed by atoms with van der Waals surface area (Å²) in [5.74, 6) is -1.93. The van der Waals surface area contributed by atoms with Gasteiger partial charge in [0, 0.05) is 0 Å². The molecule has 0 bridgehead atoms. The van der Waals surface area contributed by atoms with Gasteiger partial charge in [-0.25, -0.2) is 0 Å². The molecule has 1 atom stereocenters. The molecule has 3 N–H and O–H groups in total. The molecule has 0 fully saturated rings. The minimum atomic E-state index is -0.884. The van der Waals surface area contributed by atoms with E-state index in [0.29, 0.717) is 6.42 Å². The molecule has 0 aliphatic carbocycles. The topological polar surface area (TPSA) is 80.4 Å². The van der Waals surface area contributed by atoms with Crippen molar-refractivity contribution < 1.29 is 14.7 Å². The standard InChI is InChI=1S/C7H12NO3/c1-2-5(7(10)11)3-4-6(8)9/h4-5H,2-3H2,1H3,(H2,8,9)(H,10,11). The molecule has 0 saturated carbocycles. The first kappa shape index (κ1) is 9.94. The Hall–Kier alpha value is -1.06. The molecular weight excluding hydrogens is 146 g/mol. The number of carboxylic acids is 1. The first-order valence-electron chi connectivity index (χ1n) is 3.43. The molecule has 1 radical (unpaired) electrons. The zero-order valence-corrected chi connectivity index (χ0v) is 6.41. The number of primary amides is 1. The van der Waals surface area contributed by atoms with Crippen LogP contribution in [0.2, 0.25) is 0 Å². The molecule has 0 aromatic rings. The van der Waals surface area contributed by atoms with Gasteiger partial charge in [-0.1, -0.05) is 6.92 Å². The first-order chi connectivity index (χ1) is 5.07. The third-order valence-electron chi connectivity index (χ3n) is 1.45. The Kier molecular flexibility index (Phi) is 4.26. The van der Waals surface area contributed by atoms with Gasteiger partial charge in [-0.3, -0.25) is 9.59 Å². The van der Waals surface area contributed by atoms with E-state index in [9.17, 15) is 9.59 Å². The lowest BCUT2D eigenvalue weighted by Gasteiger charge is -2.06. The van der Waals surface area contributed by atoms with Crippen LogP contribution in [0.4, 0.5) is 0 Å². The van der Waals surface area contributed by atoms with E-state index in [1.165, 1.54) is 6.42 Å². The number of amides is 1. The van der Waals surface area contributed by atoms with E-state index in [-0.39, 0.29) is 6.42 Å². The first-order valence-corrected chi connectivity index (χ1v) is 3.43. The second kappa shape index (κ2) is 4.71. The summed E-state index contributed by atoms with van der Waals surface area (Å²) in [6, 6.07) is 0. The number of rotatable bonds is 5. The number of carbonyl (C=O) groups excluding carboxylic acids is 1. The van der Waals surface area contributed by atoms with Gasteiger partial charge in [0.2, 0.25) is 5.91 Å². The lowest BCUT2D eigenvalue weighted by atomic mass is 10.0. The third-order valence-corrected chi connectivity index (χ3v) is 1.45. The molecule has 4 heteroatoms. The highest BCUT2D eigenvalue weighted by atomic mass is 16.4. The second-order valence-electron chi connectivity index (χ2n) is 2.29. The van der Waals surface area contributed by atoms with Crippen molar-refractivity contribution in [2.45, 2.75) is 19.8 Å². The monoisotopic (exact) mass is 158 g/mol. The quantitative estimate of drug-likeness (QED) is 0.598. The molecule has 0 saturated heterocycles. The average Bonchev–Trinajstić information content (AvgIpc) is 1.87. The van der Waals surface area contributed by atoms with Crippen LogP contribution >= 0.6 is 0 Å².